The number of benzene rings is 1. The Morgan fingerprint density at radius 2 is 1.82 bits per heavy atom. The molecule has 1 aromatic carbocycles. The highest BCUT2D eigenvalue weighted by Gasteiger charge is 2.11. The number of aliphatic hydroxyl groups excluding tert-OH is 1. The normalized spacial score (nSPS) is 9.76. The number of thioether (sulfide) groups is 1. The number of carbonyl (C=O) groups is 3. The monoisotopic (exact) mass is 253 g/mol. The summed E-state index contributed by atoms with van der Waals surface area (Å²) in [6.45, 7) is 0.717. The van der Waals surface area contributed by atoms with Gasteiger partial charge < -0.3 is 10.4 Å². The lowest BCUT2D eigenvalue weighted by Crippen LogP contribution is -2.06. The molecule has 90 valence electrons. The average Bonchev–Trinajstić information content (AvgIpc) is 2.28. The van der Waals surface area contributed by atoms with Crippen molar-refractivity contribution in [3.63, 3.8) is 0 Å². The maximum atomic E-state index is 11.5. The number of hydrogen-bond acceptors (Lipinski definition) is 5. The molecule has 0 aromatic heterocycles. The largest absolute Gasteiger partial charge is 0.388 e. The third kappa shape index (κ3) is 4.38. The van der Waals surface area contributed by atoms with Crippen molar-refractivity contribution in [1.82, 2.24) is 0 Å². The smallest absolute Gasteiger partial charge is 0.226 e. The van der Waals surface area contributed by atoms with E-state index in [0.717, 1.165) is 0 Å². The van der Waals surface area contributed by atoms with Crippen LogP contribution in [-0.4, -0.2) is 27.9 Å². The van der Waals surface area contributed by atoms with Crippen molar-refractivity contribution in [2.45, 2.75) is 6.92 Å². The summed E-state index contributed by atoms with van der Waals surface area (Å²) >= 11 is 0.457. The summed E-state index contributed by atoms with van der Waals surface area (Å²) in [4.78, 5) is 33.1. The Morgan fingerprint density at radius 3 is 2.29 bits per heavy atom. The van der Waals surface area contributed by atoms with E-state index in [9.17, 15) is 14.4 Å². The first-order valence-corrected chi connectivity index (χ1v) is 5.58. The lowest BCUT2D eigenvalue weighted by molar-refractivity contribution is -0.114. The Morgan fingerprint density at radius 1 is 1.24 bits per heavy atom. The van der Waals surface area contributed by atoms with Gasteiger partial charge in [-0.15, -0.1) is 0 Å². The Labute approximate surface area is 102 Å². The predicted octanol–water partition coefficient (Wildman–Crippen LogP) is 1.04. The molecule has 0 spiro atoms. The van der Waals surface area contributed by atoms with E-state index in [-0.39, 0.29) is 5.91 Å². The quantitative estimate of drug-likeness (QED) is 0.840. The molecule has 0 bridgehead atoms. The van der Waals surface area contributed by atoms with E-state index < -0.39 is 16.8 Å². The fraction of sp³-hybridized carbons (Fsp3) is 0.182. The van der Waals surface area contributed by atoms with Gasteiger partial charge in [0, 0.05) is 18.2 Å². The lowest BCUT2D eigenvalue weighted by Gasteiger charge is -2.03. The van der Waals surface area contributed by atoms with Crippen molar-refractivity contribution in [1.29, 1.82) is 0 Å². The van der Waals surface area contributed by atoms with Crippen LogP contribution in [0.15, 0.2) is 24.3 Å². The van der Waals surface area contributed by atoms with Gasteiger partial charge >= 0.3 is 0 Å². The molecule has 0 atom stereocenters. The SMILES string of the molecule is CC(=O)Nc1ccc(C(=O)SC(=O)CO)cc1. The molecule has 0 unspecified atom stereocenters. The molecule has 0 heterocycles. The standard InChI is InChI=1S/C11H11NO4S/c1-7(14)12-9-4-2-8(3-5-9)11(16)17-10(15)6-13/h2-5,13H,6H2,1H3,(H,12,14). The predicted molar refractivity (Wildman–Crippen MR) is 64.8 cm³/mol. The number of aliphatic hydroxyl groups is 1. The summed E-state index contributed by atoms with van der Waals surface area (Å²) in [5.41, 5.74) is 0.915. The summed E-state index contributed by atoms with van der Waals surface area (Å²) in [6, 6.07) is 6.15. The fourth-order valence-corrected chi connectivity index (χ4v) is 1.61. The van der Waals surface area contributed by atoms with Gasteiger partial charge in [0.15, 0.2) is 0 Å². The summed E-state index contributed by atoms with van der Waals surface area (Å²) < 4.78 is 0. The molecule has 0 saturated heterocycles. The molecule has 0 aliphatic rings. The number of carbonyl (C=O) groups excluding carboxylic acids is 3. The molecule has 1 amide bonds. The van der Waals surface area contributed by atoms with E-state index in [2.05, 4.69) is 5.32 Å². The topological polar surface area (TPSA) is 83.5 Å². The number of nitrogens with one attached hydrogen (secondary N) is 1. The molecular formula is C11H11NO4S. The van der Waals surface area contributed by atoms with Crippen LogP contribution in [0.2, 0.25) is 0 Å². The van der Waals surface area contributed by atoms with Gasteiger partial charge in [0.25, 0.3) is 0 Å². The molecule has 0 aliphatic heterocycles. The zero-order valence-corrected chi connectivity index (χ0v) is 9.91. The molecule has 0 radical (unpaired) electrons. The van der Waals surface area contributed by atoms with Crippen LogP contribution >= 0.6 is 11.8 Å². The number of anilines is 1. The van der Waals surface area contributed by atoms with Crippen LogP contribution in [0, 0.1) is 0 Å². The second-order valence-electron chi connectivity index (χ2n) is 3.18. The Balaban J connectivity index is 2.70. The molecule has 0 fully saturated rings. The molecule has 0 saturated carbocycles. The number of amides is 1. The van der Waals surface area contributed by atoms with Crippen LogP contribution < -0.4 is 5.32 Å². The molecule has 6 heteroatoms. The highest BCUT2D eigenvalue weighted by molar-refractivity contribution is 8.26. The number of hydrogen-bond donors (Lipinski definition) is 2. The summed E-state index contributed by atoms with van der Waals surface area (Å²) in [6.07, 6.45) is 0. The van der Waals surface area contributed by atoms with Gasteiger partial charge in [-0.3, -0.25) is 14.4 Å². The van der Waals surface area contributed by atoms with Crippen molar-refractivity contribution in [2.75, 3.05) is 11.9 Å². The van der Waals surface area contributed by atoms with E-state index in [0.29, 0.717) is 23.0 Å². The highest BCUT2D eigenvalue weighted by atomic mass is 32.2. The van der Waals surface area contributed by atoms with Gasteiger partial charge in [-0.05, 0) is 36.0 Å². The second kappa shape index (κ2) is 6.17. The Bertz CT molecular complexity index is 441. The zero-order chi connectivity index (χ0) is 12.8. The second-order valence-corrected chi connectivity index (χ2v) is 4.21. The lowest BCUT2D eigenvalue weighted by atomic mass is 10.2. The maximum absolute atomic E-state index is 11.5. The van der Waals surface area contributed by atoms with Gasteiger partial charge in [-0.25, -0.2) is 0 Å². The van der Waals surface area contributed by atoms with Crippen molar-refractivity contribution >= 4 is 33.6 Å². The first-order chi connectivity index (χ1) is 8.02. The van der Waals surface area contributed by atoms with E-state index in [1.807, 2.05) is 0 Å². The molecule has 1 aromatic rings. The van der Waals surface area contributed by atoms with Crippen LogP contribution in [-0.2, 0) is 9.59 Å². The third-order valence-corrected chi connectivity index (χ3v) is 2.55. The minimum Gasteiger partial charge on any atom is -0.388 e. The molecule has 5 nitrogen and oxygen atoms in total. The zero-order valence-electron chi connectivity index (χ0n) is 9.10. The maximum Gasteiger partial charge on any atom is 0.226 e. The van der Waals surface area contributed by atoms with Crippen molar-refractivity contribution in [3.05, 3.63) is 29.8 Å². The van der Waals surface area contributed by atoms with E-state index in [1.165, 1.54) is 19.1 Å². The van der Waals surface area contributed by atoms with Crippen molar-refractivity contribution in [2.24, 2.45) is 0 Å². The minimum atomic E-state index is -0.666. The van der Waals surface area contributed by atoms with Crippen LogP contribution in [0.5, 0.6) is 0 Å². The summed E-state index contributed by atoms with van der Waals surface area (Å²) in [7, 11) is 0. The van der Waals surface area contributed by atoms with E-state index >= 15 is 0 Å². The highest BCUT2D eigenvalue weighted by Crippen LogP contribution is 2.16. The first kappa shape index (κ1) is 13.4. The van der Waals surface area contributed by atoms with E-state index in [1.54, 1.807) is 12.1 Å². The van der Waals surface area contributed by atoms with Crippen molar-refractivity contribution < 1.29 is 19.5 Å². The minimum absolute atomic E-state index is 0.200. The van der Waals surface area contributed by atoms with Crippen LogP contribution in [0.25, 0.3) is 0 Å². The molecule has 2 N–H and O–H groups in total. The fourth-order valence-electron chi connectivity index (χ4n) is 1.09. The van der Waals surface area contributed by atoms with Gasteiger partial charge in [-0.1, -0.05) is 0 Å². The first-order valence-electron chi connectivity index (χ1n) is 4.76. The molecule has 1 rings (SSSR count). The van der Waals surface area contributed by atoms with Crippen LogP contribution in [0.4, 0.5) is 5.69 Å². The van der Waals surface area contributed by atoms with Gasteiger partial charge in [0.05, 0.1) is 0 Å². The Kier molecular flexibility index (Phi) is 4.86. The van der Waals surface area contributed by atoms with Gasteiger partial charge in [0.1, 0.15) is 6.61 Å². The van der Waals surface area contributed by atoms with Crippen molar-refractivity contribution in [3.8, 4) is 0 Å². The molecular weight excluding hydrogens is 242 g/mol. The van der Waals surface area contributed by atoms with Gasteiger partial charge in [-0.2, -0.15) is 0 Å². The Hall–Kier alpha value is -1.66. The molecule has 17 heavy (non-hydrogen) atoms. The summed E-state index contributed by atoms with van der Waals surface area (Å²) in [5, 5.41) is 10.0. The summed E-state index contributed by atoms with van der Waals surface area (Å²) in [5.74, 6) is -0.200. The van der Waals surface area contributed by atoms with E-state index in [4.69, 9.17) is 5.11 Å². The average molecular weight is 253 g/mol. The number of rotatable bonds is 3. The van der Waals surface area contributed by atoms with Crippen LogP contribution in [0.1, 0.15) is 17.3 Å². The molecule has 0 aliphatic carbocycles. The van der Waals surface area contributed by atoms with Crippen LogP contribution in [0.3, 0.4) is 0 Å². The van der Waals surface area contributed by atoms with Gasteiger partial charge in [0.2, 0.25) is 16.1 Å². The third-order valence-electron chi connectivity index (χ3n) is 1.78.